The van der Waals surface area contributed by atoms with E-state index < -0.39 is 0 Å². The third kappa shape index (κ3) is 6.47. The molecule has 1 saturated heterocycles. The lowest BCUT2D eigenvalue weighted by molar-refractivity contribution is -0.135. The number of amides is 2. The maximum absolute atomic E-state index is 12.8. The van der Waals surface area contributed by atoms with Crippen LogP contribution in [0.3, 0.4) is 0 Å². The van der Waals surface area contributed by atoms with Crippen LogP contribution in [0.2, 0.25) is 0 Å². The lowest BCUT2D eigenvalue weighted by Gasteiger charge is -2.26. The fourth-order valence-corrected chi connectivity index (χ4v) is 4.10. The summed E-state index contributed by atoms with van der Waals surface area (Å²) in [6.45, 7) is 2.20. The smallest absolute Gasteiger partial charge is 0.241 e. The molecule has 1 aromatic rings. The molecule has 2 amide bonds. The Hall–Kier alpha value is -2.57. The lowest BCUT2D eigenvalue weighted by atomic mass is 9.88. The van der Waals surface area contributed by atoms with E-state index in [0.717, 1.165) is 31.4 Å². The van der Waals surface area contributed by atoms with Crippen LogP contribution in [0.25, 0.3) is 0 Å². The molecule has 1 heterocycles. The van der Waals surface area contributed by atoms with E-state index in [1.165, 1.54) is 19.3 Å². The van der Waals surface area contributed by atoms with Gasteiger partial charge in [0.25, 0.3) is 0 Å². The number of hydrogen-bond donors (Lipinski definition) is 2. The lowest BCUT2D eigenvalue weighted by Crippen LogP contribution is -2.48. The first-order chi connectivity index (χ1) is 14.5. The second kappa shape index (κ2) is 11.0. The Bertz CT molecular complexity index is 728. The fourth-order valence-electron chi connectivity index (χ4n) is 4.10. The highest BCUT2D eigenvalue weighted by Crippen LogP contribution is 2.26. The molecule has 0 spiro atoms. The van der Waals surface area contributed by atoms with Gasteiger partial charge >= 0.3 is 0 Å². The number of aliphatic imine (C=N–C) groups is 1. The third-order valence-corrected chi connectivity index (χ3v) is 5.96. The highest BCUT2D eigenvalue weighted by atomic mass is 16.2. The summed E-state index contributed by atoms with van der Waals surface area (Å²) in [6.07, 6.45) is 6.56. The average Bonchev–Trinajstić information content (AvgIpc) is 3.24. The summed E-state index contributed by atoms with van der Waals surface area (Å²) in [5.41, 5.74) is 1.11. The van der Waals surface area contributed by atoms with Crippen molar-refractivity contribution in [1.29, 1.82) is 0 Å². The summed E-state index contributed by atoms with van der Waals surface area (Å²) in [5.74, 6) is 1.13. The van der Waals surface area contributed by atoms with E-state index in [1.54, 1.807) is 19.0 Å². The molecular formula is C23H35N5O2. The minimum absolute atomic E-state index is 0.00950. The number of benzene rings is 1. The Morgan fingerprint density at radius 3 is 2.53 bits per heavy atom. The molecule has 30 heavy (non-hydrogen) atoms. The van der Waals surface area contributed by atoms with Crippen LogP contribution in [0, 0.1) is 5.92 Å². The Labute approximate surface area is 179 Å². The van der Waals surface area contributed by atoms with Gasteiger partial charge in [-0.3, -0.25) is 9.59 Å². The van der Waals surface area contributed by atoms with Crippen LogP contribution >= 0.6 is 0 Å². The predicted molar refractivity (Wildman–Crippen MR) is 119 cm³/mol. The van der Waals surface area contributed by atoms with Gasteiger partial charge in [0, 0.05) is 39.1 Å². The van der Waals surface area contributed by atoms with Crippen molar-refractivity contribution in [2.24, 2.45) is 10.9 Å². The summed E-state index contributed by atoms with van der Waals surface area (Å²) in [7, 11) is 3.48. The van der Waals surface area contributed by atoms with E-state index in [4.69, 9.17) is 0 Å². The van der Waals surface area contributed by atoms with Gasteiger partial charge in [0.1, 0.15) is 0 Å². The quantitative estimate of drug-likeness (QED) is 0.552. The predicted octanol–water partition coefficient (Wildman–Crippen LogP) is 1.99. The zero-order valence-corrected chi connectivity index (χ0v) is 18.3. The van der Waals surface area contributed by atoms with Gasteiger partial charge in [0.15, 0.2) is 5.96 Å². The summed E-state index contributed by atoms with van der Waals surface area (Å²) in [4.78, 5) is 33.1. The monoisotopic (exact) mass is 413 g/mol. The number of nitrogens with zero attached hydrogens (tertiary/aromatic N) is 3. The third-order valence-electron chi connectivity index (χ3n) is 5.96. The zero-order valence-electron chi connectivity index (χ0n) is 18.3. The van der Waals surface area contributed by atoms with Crippen LogP contribution in [0.5, 0.6) is 0 Å². The van der Waals surface area contributed by atoms with Gasteiger partial charge in [-0.1, -0.05) is 49.6 Å². The molecule has 3 rings (SSSR count). The molecule has 2 fully saturated rings. The largest absolute Gasteiger partial charge is 0.352 e. The Balaban J connectivity index is 1.57. The van der Waals surface area contributed by atoms with E-state index in [1.807, 2.05) is 35.2 Å². The Morgan fingerprint density at radius 1 is 1.10 bits per heavy atom. The van der Waals surface area contributed by atoms with Gasteiger partial charge in [-0.25, -0.2) is 4.99 Å². The van der Waals surface area contributed by atoms with Crippen molar-refractivity contribution in [1.82, 2.24) is 20.4 Å². The second-order valence-electron chi connectivity index (χ2n) is 8.54. The topological polar surface area (TPSA) is 77.0 Å². The minimum atomic E-state index is -0.00950. The maximum Gasteiger partial charge on any atom is 0.241 e. The molecular weight excluding hydrogens is 378 g/mol. The van der Waals surface area contributed by atoms with E-state index >= 15 is 0 Å². The van der Waals surface area contributed by atoms with Gasteiger partial charge in [-0.2, -0.15) is 0 Å². The summed E-state index contributed by atoms with van der Waals surface area (Å²) in [6, 6.07) is 10.2. The van der Waals surface area contributed by atoms with Crippen LogP contribution < -0.4 is 10.6 Å². The highest BCUT2D eigenvalue weighted by molar-refractivity contribution is 5.86. The molecule has 1 unspecified atom stereocenters. The first kappa shape index (κ1) is 22.1. The molecule has 0 bridgehead atoms. The molecule has 1 aliphatic heterocycles. The van der Waals surface area contributed by atoms with Crippen molar-refractivity contribution in [3.05, 3.63) is 35.9 Å². The molecule has 164 valence electrons. The highest BCUT2D eigenvalue weighted by Gasteiger charge is 2.31. The van der Waals surface area contributed by atoms with Crippen LogP contribution in [-0.2, 0) is 16.1 Å². The van der Waals surface area contributed by atoms with Gasteiger partial charge in [0.05, 0.1) is 13.1 Å². The van der Waals surface area contributed by atoms with Gasteiger partial charge < -0.3 is 20.4 Å². The zero-order chi connectivity index (χ0) is 21.3. The van der Waals surface area contributed by atoms with Gasteiger partial charge in [-0.15, -0.1) is 0 Å². The van der Waals surface area contributed by atoms with Crippen molar-refractivity contribution >= 4 is 17.8 Å². The van der Waals surface area contributed by atoms with E-state index in [9.17, 15) is 9.59 Å². The van der Waals surface area contributed by atoms with Crippen LogP contribution in [0.1, 0.15) is 44.1 Å². The molecule has 0 radical (unpaired) electrons. The number of hydrogen-bond acceptors (Lipinski definition) is 3. The Kier molecular flexibility index (Phi) is 8.11. The molecule has 1 atom stereocenters. The SMILES string of the molecule is CN(C)C(=O)CNC(=NCc1ccccc1)NC1CCN(C(=O)C2CCCCC2)C1. The average molecular weight is 414 g/mol. The molecule has 1 saturated carbocycles. The fraction of sp³-hybridized carbons (Fsp3) is 0.609. The van der Waals surface area contributed by atoms with Gasteiger partial charge in [0.2, 0.25) is 11.8 Å². The Morgan fingerprint density at radius 2 is 1.83 bits per heavy atom. The molecule has 2 N–H and O–H groups in total. The maximum atomic E-state index is 12.8. The molecule has 1 aliphatic carbocycles. The number of nitrogens with one attached hydrogen (secondary N) is 2. The van der Waals surface area contributed by atoms with Crippen LogP contribution in [0.4, 0.5) is 0 Å². The number of carbonyl (C=O) groups excluding carboxylic acids is 2. The van der Waals surface area contributed by atoms with E-state index in [0.29, 0.717) is 25.0 Å². The second-order valence-corrected chi connectivity index (χ2v) is 8.54. The number of likely N-dealkylation sites (N-methyl/N-ethyl adjacent to an activating group) is 1. The standard InChI is InChI=1S/C23H35N5O2/c1-27(2)21(29)16-25-23(24-15-18-9-5-3-6-10-18)26-20-13-14-28(17-20)22(30)19-11-7-4-8-12-19/h3,5-6,9-10,19-20H,4,7-8,11-17H2,1-2H3,(H2,24,25,26). The number of guanidine groups is 1. The van der Waals surface area contributed by atoms with Crippen LogP contribution in [0.15, 0.2) is 35.3 Å². The number of carbonyl (C=O) groups is 2. The molecule has 7 heteroatoms. The van der Waals surface area contributed by atoms with Crippen molar-refractivity contribution < 1.29 is 9.59 Å². The van der Waals surface area contributed by atoms with Crippen molar-refractivity contribution in [2.75, 3.05) is 33.7 Å². The number of rotatable bonds is 6. The van der Waals surface area contributed by atoms with Crippen LogP contribution in [-0.4, -0.2) is 67.3 Å². The van der Waals surface area contributed by atoms with Crippen molar-refractivity contribution in [2.45, 2.75) is 51.1 Å². The minimum Gasteiger partial charge on any atom is -0.352 e. The van der Waals surface area contributed by atoms with Crippen molar-refractivity contribution in [3.8, 4) is 0 Å². The van der Waals surface area contributed by atoms with E-state index in [2.05, 4.69) is 15.6 Å². The summed E-state index contributed by atoms with van der Waals surface area (Å²) < 4.78 is 0. The normalized spacial score (nSPS) is 20.1. The molecule has 2 aliphatic rings. The first-order valence-corrected chi connectivity index (χ1v) is 11.1. The number of likely N-dealkylation sites (tertiary alicyclic amines) is 1. The molecule has 0 aromatic heterocycles. The summed E-state index contributed by atoms with van der Waals surface area (Å²) in [5, 5.41) is 6.59. The van der Waals surface area contributed by atoms with Crippen molar-refractivity contribution in [3.63, 3.8) is 0 Å². The molecule has 7 nitrogen and oxygen atoms in total. The first-order valence-electron chi connectivity index (χ1n) is 11.1. The molecule has 1 aromatic carbocycles. The van der Waals surface area contributed by atoms with E-state index in [-0.39, 0.29) is 24.4 Å². The van der Waals surface area contributed by atoms with Gasteiger partial charge in [-0.05, 0) is 24.8 Å². The summed E-state index contributed by atoms with van der Waals surface area (Å²) >= 11 is 0.